The maximum absolute atomic E-state index is 4.75. The average molecular weight is 280 g/mol. The highest BCUT2D eigenvalue weighted by Gasteiger charge is 2.32. The molecule has 1 aliphatic rings. The van der Waals surface area contributed by atoms with Crippen LogP contribution in [-0.2, 0) is 5.66 Å². The molecule has 0 amide bonds. The van der Waals surface area contributed by atoms with E-state index < -0.39 is 5.66 Å². The molecular formula is C15H8N2S2. The van der Waals surface area contributed by atoms with Gasteiger partial charge in [0.1, 0.15) is 0 Å². The maximum Gasteiger partial charge on any atom is 0.214 e. The first-order valence-electron chi connectivity index (χ1n) is 5.70. The minimum Gasteiger partial charge on any atom is -0.192 e. The van der Waals surface area contributed by atoms with E-state index in [9.17, 15) is 0 Å². The van der Waals surface area contributed by atoms with Crippen molar-refractivity contribution in [2.24, 2.45) is 9.98 Å². The van der Waals surface area contributed by atoms with Crippen molar-refractivity contribution in [3.05, 3.63) is 53.6 Å². The SMILES string of the molecule is S=C=NC1(N=C=S)C=Cc2cccc3cccc1c23. The molecule has 0 saturated carbocycles. The number of hydrogen-bond acceptors (Lipinski definition) is 4. The highest BCUT2D eigenvalue weighted by Crippen LogP contribution is 2.40. The molecule has 0 saturated heterocycles. The van der Waals surface area contributed by atoms with Gasteiger partial charge in [-0.3, -0.25) is 0 Å². The summed E-state index contributed by atoms with van der Waals surface area (Å²) in [5.41, 5.74) is 1.18. The van der Waals surface area contributed by atoms with Crippen LogP contribution in [0.3, 0.4) is 0 Å². The van der Waals surface area contributed by atoms with Crippen molar-refractivity contribution in [1.29, 1.82) is 0 Å². The summed E-state index contributed by atoms with van der Waals surface area (Å²) in [7, 11) is 0. The van der Waals surface area contributed by atoms with E-state index in [0.29, 0.717) is 0 Å². The summed E-state index contributed by atoms with van der Waals surface area (Å²) in [6.07, 6.45) is 3.87. The summed E-state index contributed by atoms with van der Waals surface area (Å²) in [6, 6.07) is 12.2. The second-order valence-corrected chi connectivity index (χ2v) is 4.58. The molecule has 2 aromatic rings. The van der Waals surface area contributed by atoms with Crippen molar-refractivity contribution in [1.82, 2.24) is 0 Å². The Morgan fingerprint density at radius 3 is 2.32 bits per heavy atom. The lowest BCUT2D eigenvalue weighted by molar-refractivity contribution is 0.616. The normalized spacial score (nSPS) is 19.6. The second-order valence-electron chi connectivity index (χ2n) is 4.22. The van der Waals surface area contributed by atoms with Gasteiger partial charge in [-0.25, -0.2) is 0 Å². The molecule has 0 heterocycles. The van der Waals surface area contributed by atoms with Crippen LogP contribution in [0.4, 0.5) is 0 Å². The molecular weight excluding hydrogens is 272 g/mol. The highest BCUT2D eigenvalue weighted by molar-refractivity contribution is 7.78. The number of aliphatic imine (C=N–C) groups is 2. The van der Waals surface area contributed by atoms with Crippen LogP contribution in [0.1, 0.15) is 11.1 Å². The number of rotatable bonds is 2. The molecule has 0 N–H and O–H groups in total. The highest BCUT2D eigenvalue weighted by atomic mass is 32.1. The molecule has 0 spiro atoms. The molecule has 4 heteroatoms. The Morgan fingerprint density at radius 2 is 1.63 bits per heavy atom. The summed E-state index contributed by atoms with van der Waals surface area (Å²) in [4.78, 5) is 8.42. The largest absolute Gasteiger partial charge is 0.214 e. The van der Waals surface area contributed by atoms with Crippen LogP contribution in [0.15, 0.2) is 52.5 Å². The summed E-state index contributed by atoms with van der Waals surface area (Å²) in [5, 5.41) is 7.09. The van der Waals surface area contributed by atoms with Crippen molar-refractivity contribution >= 4 is 51.6 Å². The third-order valence-corrected chi connectivity index (χ3v) is 3.44. The van der Waals surface area contributed by atoms with E-state index in [1.165, 1.54) is 0 Å². The molecule has 0 aromatic heterocycles. The zero-order chi connectivity index (χ0) is 13.3. The van der Waals surface area contributed by atoms with Crippen molar-refractivity contribution < 1.29 is 0 Å². The van der Waals surface area contributed by atoms with Crippen LogP contribution in [0, 0.1) is 0 Å². The van der Waals surface area contributed by atoms with E-state index in [1.54, 1.807) is 0 Å². The van der Waals surface area contributed by atoms with Crippen LogP contribution < -0.4 is 0 Å². The van der Waals surface area contributed by atoms with Gasteiger partial charge in [0.25, 0.3) is 0 Å². The van der Waals surface area contributed by atoms with Crippen LogP contribution >= 0.6 is 24.4 Å². The first-order chi connectivity index (χ1) is 9.30. The minimum atomic E-state index is -0.919. The lowest BCUT2D eigenvalue weighted by Crippen LogP contribution is -2.20. The molecule has 0 fully saturated rings. The van der Waals surface area contributed by atoms with Crippen LogP contribution in [0.5, 0.6) is 0 Å². The lowest BCUT2D eigenvalue weighted by atomic mass is 9.86. The summed E-state index contributed by atoms with van der Waals surface area (Å²) < 4.78 is 0. The first kappa shape index (κ1) is 12.1. The predicted molar refractivity (Wildman–Crippen MR) is 84.7 cm³/mol. The van der Waals surface area contributed by atoms with Gasteiger partial charge < -0.3 is 0 Å². The molecule has 90 valence electrons. The number of benzene rings is 2. The molecule has 0 radical (unpaired) electrons. The van der Waals surface area contributed by atoms with Gasteiger partial charge in [-0.15, -0.1) is 0 Å². The van der Waals surface area contributed by atoms with Gasteiger partial charge >= 0.3 is 0 Å². The van der Waals surface area contributed by atoms with E-state index in [2.05, 4.69) is 38.5 Å². The van der Waals surface area contributed by atoms with Gasteiger partial charge in [0.15, 0.2) is 0 Å². The molecule has 0 bridgehead atoms. The van der Waals surface area contributed by atoms with E-state index in [-0.39, 0.29) is 0 Å². The third kappa shape index (κ3) is 1.79. The number of isothiocyanates is 2. The van der Waals surface area contributed by atoms with Crippen molar-refractivity contribution in [3.63, 3.8) is 0 Å². The van der Waals surface area contributed by atoms with Gasteiger partial charge in [-0.1, -0.05) is 42.5 Å². The smallest absolute Gasteiger partial charge is 0.192 e. The number of hydrogen-bond donors (Lipinski definition) is 0. The molecule has 19 heavy (non-hydrogen) atoms. The third-order valence-electron chi connectivity index (χ3n) is 3.26. The zero-order valence-corrected chi connectivity index (χ0v) is 11.5. The van der Waals surface area contributed by atoms with Gasteiger partial charge in [-0.05, 0) is 46.8 Å². The van der Waals surface area contributed by atoms with Gasteiger partial charge in [0, 0.05) is 5.56 Å². The lowest BCUT2D eigenvalue weighted by Gasteiger charge is -2.25. The maximum atomic E-state index is 4.75. The standard InChI is InChI=1S/C15H8N2S2/c18-9-16-15(17-10-19)8-7-12-4-1-3-11-5-2-6-13(15)14(11)12/h1-8H. The van der Waals surface area contributed by atoms with Crippen molar-refractivity contribution in [2.45, 2.75) is 5.66 Å². The molecule has 3 rings (SSSR count). The van der Waals surface area contributed by atoms with E-state index in [1.807, 2.05) is 30.4 Å². The predicted octanol–water partition coefficient (Wildman–Crippen LogP) is 4.23. The Hall–Kier alpha value is -1.96. The fourth-order valence-electron chi connectivity index (χ4n) is 2.47. The molecule has 0 unspecified atom stereocenters. The first-order valence-corrected chi connectivity index (χ1v) is 6.52. The topological polar surface area (TPSA) is 24.7 Å². The van der Waals surface area contributed by atoms with E-state index in [4.69, 9.17) is 24.4 Å². The molecule has 1 aliphatic carbocycles. The molecule has 0 atom stereocenters. The van der Waals surface area contributed by atoms with Gasteiger partial charge in [0.2, 0.25) is 5.66 Å². The van der Waals surface area contributed by atoms with Gasteiger partial charge in [0.05, 0.1) is 10.3 Å². The fourth-order valence-corrected chi connectivity index (χ4v) is 2.75. The average Bonchev–Trinajstić information content (AvgIpc) is 2.44. The summed E-state index contributed by atoms with van der Waals surface area (Å²) in [5.74, 6) is 0. The fraction of sp³-hybridized carbons (Fsp3) is 0.0667. The zero-order valence-electron chi connectivity index (χ0n) is 9.83. The summed E-state index contributed by atoms with van der Waals surface area (Å²) >= 11 is 9.50. The van der Waals surface area contributed by atoms with Crippen molar-refractivity contribution in [2.75, 3.05) is 0 Å². The Kier molecular flexibility index (Phi) is 2.94. The quantitative estimate of drug-likeness (QED) is 0.607. The Balaban J connectivity index is 2.47. The number of nitrogens with zero attached hydrogens (tertiary/aromatic N) is 2. The van der Waals surface area contributed by atoms with Gasteiger partial charge in [-0.2, -0.15) is 9.98 Å². The Bertz CT molecular complexity index is 772. The molecule has 2 nitrogen and oxygen atoms in total. The van der Waals surface area contributed by atoms with E-state index >= 15 is 0 Å². The Morgan fingerprint density at radius 1 is 0.947 bits per heavy atom. The van der Waals surface area contributed by atoms with Crippen LogP contribution in [0.25, 0.3) is 16.8 Å². The summed E-state index contributed by atoms with van der Waals surface area (Å²) in [6.45, 7) is 0. The van der Waals surface area contributed by atoms with Crippen LogP contribution in [0.2, 0.25) is 0 Å². The number of thiocarbonyl (C=S) groups is 2. The van der Waals surface area contributed by atoms with Crippen molar-refractivity contribution in [3.8, 4) is 0 Å². The monoisotopic (exact) mass is 280 g/mol. The molecule has 2 aromatic carbocycles. The van der Waals surface area contributed by atoms with Crippen LogP contribution in [-0.4, -0.2) is 10.3 Å². The second kappa shape index (κ2) is 4.61. The Labute approximate surface area is 121 Å². The minimum absolute atomic E-state index is 0.919. The molecule has 0 aliphatic heterocycles. The van der Waals surface area contributed by atoms with E-state index in [0.717, 1.165) is 21.9 Å².